The van der Waals surface area contributed by atoms with Gasteiger partial charge in [0.25, 0.3) is 0 Å². The summed E-state index contributed by atoms with van der Waals surface area (Å²) in [4.78, 5) is 24.8. The molecule has 1 aromatic carbocycles. The summed E-state index contributed by atoms with van der Waals surface area (Å²) < 4.78 is 13.9. The summed E-state index contributed by atoms with van der Waals surface area (Å²) in [5.74, 6) is -0.927. The van der Waals surface area contributed by atoms with Crippen LogP contribution in [-0.4, -0.2) is 38.1 Å². The number of anilines is 1. The maximum Gasteiger partial charge on any atom is 0.321 e. The summed E-state index contributed by atoms with van der Waals surface area (Å²) in [5, 5.41) is 4.49. The van der Waals surface area contributed by atoms with Crippen LogP contribution >= 0.6 is 0 Å². The van der Waals surface area contributed by atoms with E-state index in [0.29, 0.717) is 25.2 Å². The zero-order valence-electron chi connectivity index (χ0n) is 12.2. The highest BCUT2D eigenvalue weighted by atomic mass is 19.1. The zero-order valence-corrected chi connectivity index (χ0v) is 12.2. The highest BCUT2D eigenvalue weighted by Crippen LogP contribution is 2.21. The number of hydrogen-bond acceptors (Lipinski definition) is 4. The molecule has 0 saturated heterocycles. The number of hydrogen-bond donors (Lipinski definition) is 3. The predicted octanol–water partition coefficient (Wildman–Crippen LogP) is 0.825. The van der Waals surface area contributed by atoms with E-state index in [4.69, 9.17) is 5.73 Å². The van der Waals surface area contributed by atoms with Crippen molar-refractivity contribution in [3.8, 4) is 0 Å². The Bertz CT molecular complexity index is 496. The number of carbonyl (C=O) groups excluding carboxylic acids is 2. The Labute approximate surface area is 123 Å². The van der Waals surface area contributed by atoms with Crippen LogP contribution in [0, 0.1) is 5.82 Å². The van der Waals surface area contributed by atoms with Crippen molar-refractivity contribution in [2.24, 2.45) is 5.73 Å². The molecule has 0 aliphatic rings. The summed E-state index contributed by atoms with van der Waals surface area (Å²) in [6, 6.07) is 4.89. The lowest BCUT2D eigenvalue weighted by atomic mass is 10.2. The fraction of sp³-hybridized carbons (Fsp3) is 0.429. The van der Waals surface area contributed by atoms with E-state index in [2.05, 4.69) is 10.6 Å². The summed E-state index contributed by atoms with van der Waals surface area (Å²) in [5.41, 5.74) is 5.80. The maximum atomic E-state index is 13.9. The van der Waals surface area contributed by atoms with Gasteiger partial charge in [-0.25, -0.2) is 9.18 Å². The molecule has 6 nitrogen and oxygen atoms in total. The van der Waals surface area contributed by atoms with Gasteiger partial charge >= 0.3 is 6.03 Å². The Morgan fingerprint density at radius 2 is 2.05 bits per heavy atom. The molecule has 0 heterocycles. The van der Waals surface area contributed by atoms with Crippen molar-refractivity contribution in [3.05, 3.63) is 30.1 Å². The highest BCUT2D eigenvalue weighted by molar-refractivity contribution is 5.98. The van der Waals surface area contributed by atoms with Crippen LogP contribution in [0.25, 0.3) is 0 Å². The summed E-state index contributed by atoms with van der Waals surface area (Å²) in [7, 11) is 1.41. The molecule has 116 valence electrons. The van der Waals surface area contributed by atoms with E-state index < -0.39 is 23.8 Å². The number of benzene rings is 1. The van der Waals surface area contributed by atoms with E-state index in [1.54, 1.807) is 30.0 Å². The number of nitrogens with two attached hydrogens (primary N) is 1. The molecule has 1 unspecified atom stereocenters. The molecule has 1 aromatic rings. The number of urea groups is 1. The van der Waals surface area contributed by atoms with Crippen LogP contribution in [0.1, 0.15) is 13.3 Å². The molecule has 3 amide bonds. The smallest absolute Gasteiger partial charge is 0.321 e. The molecule has 0 aliphatic carbocycles. The third-order valence-corrected chi connectivity index (χ3v) is 3.08. The molecular formula is C14H21FN4O2. The molecule has 0 radical (unpaired) electrons. The highest BCUT2D eigenvalue weighted by Gasteiger charge is 2.24. The van der Waals surface area contributed by atoms with Crippen molar-refractivity contribution in [2.45, 2.75) is 19.4 Å². The first kappa shape index (κ1) is 16.9. The van der Waals surface area contributed by atoms with Crippen molar-refractivity contribution in [3.63, 3.8) is 0 Å². The van der Waals surface area contributed by atoms with Gasteiger partial charge in [-0.2, -0.15) is 0 Å². The third kappa shape index (κ3) is 4.71. The van der Waals surface area contributed by atoms with Crippen LogP contribution in [0.5, 0.6) is 0 Å². The van der Waals surface area contributed by atoms with E-state index in [-0.39, 0.29) is 0 Å². The van der Waals surface area contributed by atoms with Gasteiger partial charge in [0.15, 0.2) is 0 Å². The van der Waals surface area contributed by atoms with E-state index in [0.717, 1.165) is 0 Å². The lowest BCUT2D eigenvalue weighted by molar-refractivity contribution is -0.121. The van der Waals surface area contributed by atoms with Crippen LogP contribution in [0.2, 0.25) is 0 Å². The van der Waals surface area contributed by atoms with Crippen molar-refractivity contribution in [2.75, 3.05) is 25.0 Å². The first-order valence-corrected chi connectivity index (χ1v) is 6.75. The summed E-state index contributed by atoms with van der Waals surface area (Å²) in [6.07, 6.45) is 0.603. The Balaban J connectivity index is 2.94. The first-order valence-electron chi connectivity index (χ1n) is 6.75. The van der Waals surface area contributed by atoms with Gasteiger partial charge in [0.1, 0.15) is 11.9 Å². The Hall–Kier alpha value is -2.15. The second-order valence-electron chi connectivity index (χ2n) is 4.53. The van der Waals surface area contributed by atoms with Crippen LogP contribution in [0.4, 0.5) is 14.9 Å². The van der Waals surface area contributed by atoms with E-state index in [1.807, 2.05) is 0 Å². The second kappa shape index (κ2) is 8.21. The molecule has 21 heavy (non-hydrogen) atoms. The fourth-order valence-electron chi connectivity index (χ4n) is 1.89. The average Bonchev–Trinajstić information content (AvgIpc) is 2.48. The van der Waals surface area contributed by atoms with E-state index in [9.17, 15) is 14.0 Å². The molecule has 0 saturated carbocycles. The number of halogens is 1. The van der Waals surface area contributed by atoms with Gasteiger partial charge in [-0.3, -0.25) is 10.1 Å². The Kier molecular flexibility index (Phi) is 6.61. The molecule has 1 atom stereocenters. The first-order chi connectivity index (χ1) is 10.0. The molecular weight excluding hydrogens is 275 g/mol. The molecule has 4 N–H and O–H groups in total. The summed E-state index contributed by atoms with van der Waals surface area (Å²) in [6.45, 7) is 2.45. The molecule has 0 spiro atoms. The monoisotopic (exact) mass is 296 g/mol. The molecule has 0 bridgehead atoms. The number of para-hydroxylation sites is 1. The maximum absolute atomic E-state index is 13.9. The van der Waals surface area contributed by atoms with Crippen LogP contribution in [-0.2, 0) is 4.79 Å². The van der Waals surface area contributed by atoms with Gasteiger partial charge < -0.3 is 16.0 Å². The number of imide groups is 1. The van der Waals surface area contributed by atoms with Gasteiger partial charge in [-0.15, -0.1) is 0 Å². The molecule has 0 fully saturated rings. The van der Waals surface area contributed by atoms with Gasteiger partial charge in [0, 0.05) is 13.6 Å². The van der Waals surface area contributed by atoms with Crippen molar-refractivity contribution >= 4 is 17.6 Å². The minimum atomic E-state index is -0.703. The average molecular weight is 296 g/mol. The Morgan fingerprint density at radius 1 is 1.38 bits per heavy atom. The zero-order chi connectivity index (χ0) is 15.8. The van der Waals surface area contributed by atoms with E-state index in [1.165, 1.54) is 13.1 Å². The van der Waals surface area contributed by atoms with Crippen LogP contribution < -0.4 is 21.3 Å². The SMILES string of the molecule is CNC(=O)NC(=O)C(C)N(CCCN)c1ccccc1F. The minimum absolute atomic E-state index is 0.311. The van der Waals surface area contributed by atoms with Crippen molar-refractivity contribution in [1.29, 1.82) is 0 Å². The van der Waals surface area contributed by atoms with Gasteiger partial charge in [0.05, 0.1) is 5.69 Å². The number of amides is 3. The molecule has 0 aromatic heterocycles. The lowest BCUT2D eigenvalue weighted by Crippen LogP contribution is -2.50. The predicted molar refractivity (Wildman–Crippen MR) is 79.5 cm³/mol. The van der Waals surface area contributed by atoms with Crippen LogP contribution in [0.3, 0.4) is 0 Å². The van der Waals surface area contributed by atoms with Crippen LogP contribution in [0.15, 0.2) is 24.3 Å². The lowest BCUT2D eigenvalue weighted by Gasteiger charge is -2.30. The topological polar surface area (TPSA) is 87.5 Å². The number of rotatable bonds is 6. The largest absolute Gasteiger partial charge is 0.357 e. The quantitative estimate of drug-likeness (QED) is 0.725. The minimum Gasteiger partial charge on any atom is -0.357 e. The number of nitrogens with zero attached hydrogens (tertiary/aromatic N) is 1. The fourth-order valence-corrected chi connectivity index (χ4v) is 1.89. The standard InChI is InChI=1S/C14H21FN4O2/c1-10(13(20)18-14(21)17-2)19(9-5-8-16)12-7-4-3-6-11(12)15/h3-4,6-7,10H,5,8-9,16H2,1-2H3,(H2,17,18,20,21). The number of carbonyl (C=O) groups is 2. The van der Waals surface area contributed by atoms with Crippen molar-refractivity contribution < 1.29 is 14.0 Å². The molecule has 1 rings (SSSR count). The van der Waals surface area contributed by atoms with E-state index >= 15 is 0 Å². The normalized spacial score (nSPS) is 11.6. The number of nitrogens with one attached hydrogen (secondary N) is 2. The van der Waals surface area contributed by atoms with Crippen molar-refractivity contribution in [1.82, 2.24) is 10.6 Å². The molecule has 0 aliphatic heterocycles. The summed E-state index contributed by atoms with van der Waals surface area (Å²) >= 11 is 0. The second-order valence-corrected chi connectivity index (χ2v) is 4.53. The van der Waals surface area contributed by atoms with Gasteiger partial charge in [0.2, 0.25) is 5.91 Å². The third-order valence-electron chi connectivity index (χ3n) is 3.08. The van der Waals surface area contributed by atoms with Gasteiger partial charge in [-0.1, -0.05) is 12.1 Å². The van der Waals surface area contributed by atoms with Gasteiger partial charge in [-0.05, 0) is 32.0 Å². The Morgan fingerprint density at radius 3 is 2.62 bits per heavy atom. The molecule has 7 heteroatoms.